The molecule has 0 saturated heterocycles. The maximum Gasteiger partial charge on any atom is 0.221 e. The van der Waals surface area contributed by atoms with Gasteiger partial charge in [-0.1, -0.05) is 19.1 Å². The highest BCUT2D eigenvalue weighted by atomic mass is 16.5. The van der Waals surface area contributed by atoms with Crippen molar-refractivity contribution < 1.29 is 9.47 Å². The topological polar surface area (TPSA) is 49.2 Å². The van der Waals surface area contributed by atoms with Gasteiger partial charge in [-0.3, -0.25) is 4.68 Å². The number of pyridine rings is 1. The van der Waals surface area contributed by atoms with E-state index >= 15 is 0 Å². The standard InChI is InChI=1S/C27H27N3O2/c1-5-22(18-8-6-9-21(12-18)31-4)26-23-10-7-11-28-27(23)32-16-20-14-25-19(13-24(20)26)15-29-30(25)17(2)3/h6-15,17H,5,16H2,1-4H3/b26-22+. The molecule has 0 unspecified atom stereocenters. The number of benzene rings is 2. The van der Waals surface area contributed by atoms with Crippen LogP contribution in [0.1, 0.15) is 55.5 Å². The Morgan fingerprint density at radius 1 is 1.12 bits per heavy atom. The van der Waals surface area contributed by atoms with Crippen LogP contribution in [0.4, 0.5) is 0 Å². The lowest BCUT2D eigenvalue weighted by atomic mass is 9.86. The van der Waals surface area contributed by atoms with Crippen molar-refractivity contribution in [1.29, 1.82) is 0 Å². The van der Waals surface area contributed by atoms with Gasteiger partial charge in [0, 0.05) is 23.2 Å². The minimum Gasteiger partial charge on any atom is -0.497 e. The fraction of sp³-hybridized carbons (Fsp3) is 0.259. The monoisotopic (exact) mass is 425 g/mol. The second kappa shape index (κ2) is 8.15. The molecule has 2 aromatic carbocycles. The van der Waals surface area contributed by atoms with Crippen LogP contribution in [0.3, 0.4) is 0 Å². The molecule has 1 aliphatic rings. The number of ether oxygens (including phenoxy) is 2. The molecule has 0 fully saturated rings. The van der Waals surface area contributed by atoms with Crippen LogP contribution in [0.2, 0.25) is 0 Å². The van der Waals surface area contributed by atoms with Crippen molar-refractivity contribution in [2.45, 2.75) is 39.8 Å². The van der Waals surface area contributed by atoms with Crippen LogP contribution < -0.4 is 9.47 Å². The van der Waals surface area contributed by atoms with Crippen LogP contribution >= 0.6 is 0 Å². The molecule has 5 rings (SSSR count). The first-order chi connectivity index (χ1) is 15.6. The zero-order valence-corrected chi connectivity index (χ0v) is 18.9. The van der Waals surface area contributed by atoms with Gasteiger partial charge in [-0.05, 0) is 84.5 Å². The number of aromatic nitrogens is 3. The Kier molecular flexibility index (Phi) is 5.17. The molecule has 5 nitrogen and oxygen atoms in total. The predicted molar refractivity (Wildman–Crippen MR) is 128 cm³/mol. The van der Waals surface area contributed by atoms with Crippen LogP contribution in [0.5, 0.6) is 11.6 Å². The van der Waals surface area contributed by atoms with Gasteiger partial charge in [0.05, 0.1) is 18.8 Å². The number of methoxy groups -OCH3 is 1. The molecule has 0 saturated carbocycles. The molecular weight excluding hydrogens is 398 g/mol. The van der Waals surface area contributed by atoms with Crippen LogP contribution in [-0.4, -0.2) is 21.9 Å². The molecule has 0 spiro atoms. The average molecular weight is 426 g/mol. The zero-order valence-electron chi connectivity index (χ0n) is 18.9. The van der Waals surface area contributed by atoms with E-state index < -0.39 is 0 Å². The van der Waals surface area contributed by atoms with Crippen molar-refractivity contribution in [3.63, 3.8) is 0 Å². The summed E-state index contributed by atoms with van der Waals surface area (Å²) in [5, 5.41) is 5.76. The van der Waals surface area contributed by atoms with Crippen LogP contribution in [0.25, 0.3) is 22.0 Å². The van der Waals surface area contributed by atoms with E-state index in [1.54, 1.807) is 13.3 Å². The largest absolute Gasteiger partial charge is 0.497 e. The van der Waals surface area contributed by atoms with Gasteiger partial charge in [0.25, 0.3) is 0 Å². The third kappa shape index (κ3) is 3.34. The second-order valence-corrected chi connectivity index (χ2v) is 8.33. The molecule has 32 heavy (non-hydrogen) atoms. The Balaban J connectivity index is 1.84. The summed E-state index contributed by atoms with van der Waals surface area (Å²) in [6.07, 6.45) is 4.61. The van der Waals surface area contributed by atoms with E-state index in [-0.39, 0.29) is 6.04 Å². The summed E-state index contributed by atoms with van der Waals surface area (Å²) in [5.74, 6) is 1.52. The minimum absolute atomic E-state index is 0.286. The summed E-state index contributed by atoms with van der Waals surface area (Å²) >= 11 is 0. The Morgan fingerprint density at radius 3 is 2.78 bits per heavy atom. The van der Waals surface area contributed by atoms with Gasteiger partial charge in [-0.2, -0.15) is 5.10 Å². The van der Waals surface area contributed by atoms with Gasteiger partial charge in [-0.15, -0.1) is 0 Å². The Labute approximate surface area is 188 Å². The lowest BCUT2D eigenvalue weighted by Gasteiger charge is -2.17. The van der Waals surface area contributed by atoms with Gasteiger partial charge in [-0.25, -0.2) is 4.98 Å². The second-order valence-electron chi connectivity index (χ2n) is 8.33. The Hall–Kier alpha value is -3.60. The molecule has 3 heterocycles. The molecule has 0 amide bonds. The van der Waals surface area contributed by atoms with Crippen LogP contribution in [0, 0.1) is 0 Å². The summed E-state index contributed by atoms with van der Waals surface area (Å²) in [6.45, 7) is 6.96. The molecule has 162 valence electrons. The molecule has 4 aromatic rings. The first-order valence-corrected chi connectivity index (χ1v) is 11.1. The molecule has 1 aliphatic heterocycles. The molecule has 5 heteroatoms. The smallest absolute Gasteiger partial charge is 0.221 e. The predicted octanol–water partition coefficient (Wildman–Crippen LogP) is 6.28. The van der Waals surface area contributed by atoms with Gasteiger partial charge in [0.1, 0.15) is 12.4 Å². The van der Waals surface area contributed by atoms with E-state index in [0.29, 0.717) is 12.5 Å². The molecule has 0 atom stereocenters. The highest BCUT2D eigenvalue weighted by Gasteiger charge is 2.25. The highest BCUT2D eigenvalue weighted by molar-refractivity contribution is 6.02. The highest BCUT2D eigenvalue weighted by Crippen LogP contribution is 2.43. The average Bonchev–Trinajstić information content (AvgIpc) is 3.17. The molecule has 0 radical (unpaired) electrons. The van der Waals surface area contributed by atoms with Crippen molar-refractivity contribution in [3.8, 4) is 11.6 Å². The number of hydrogen-bond acceptors (Lipinski definition) is 4. The molecular formula is C27H27N3O2. The third-order valence-corrected chi connectivity index (χ3v) is 6.06. The number of allylic oxidation sites excluding steroid dienone is 1. The van der Waals surface area contributed by atoms with E-state index in [0.717, 1.165) is 45.3 Å². The van der Waals surface area contributed by atoms with Crippen molar-refractivity contribution >= 4 is 22.0 Å². The summed E-state index contributed by atoms with van der Waals surface area (Å²) in [7, 11) is 1.70. The third-order valence-electron chi connectivity index (χ3n) is 6.06. The van der Waals surface area contributed by atoms with Gasteiger partial charge >= 0.3 is 0 Å². The van der Waals surface area contributed by atoms with Gasteiger partial charge in [0.15, 0.2) is 0 Å². The first kappa shape index (κ1) is 20.3. The Morgan fingerprint density at radius 2 is 2.00 bits per heavy atom. The molecule has 0 bridgehead atoms. The van der Waals surface area contributed by atoms with E-state index in [2.05, 4.69) is 65.9 Å². The Bertz CT molecular complexity index is 1330. The lowest BCUT2D eigenvalue weighted by molar-refractivity contribution is 0.295. The van der Waals surface area contributed by atoms with Crippen molar-refractivity contribution in [2.24, 2.45) is 0 Å². The SMILES string of the molecule is CC/C(=C1\c2cc3cnn(C(C)C)c3cc2COc2ncccc21)c1cccc(OC)c1. The van der Waals surface area contributed by atoms with E-state index in [4.69, 9.17) is 9.47 Å². The minimum atomic E-state index is 0.286. The van der Waals surface area contributed by atoms with Crippen molar-refractivity contribution in [2.75, 3.05) is 7.11 Å². The fourth-order valence-corrected chi connectivity index (χ4v) is 4.55. The number of rotatable bonds is 4. The molecule has 2 aromatic heterocycles. The summed E-state index contributed by atoms with van der Waals surface area (Å²) in [5.41, 5.74) is 7.99. The van der Waals surface area contributed by atoms with Gasteiger partial charge in [0.2, 0.25) is 5.88 Å². The van der Waals surface area contributed by atoms with Crippen molar-refractivity contribution in [3.05, 3.63) is 83.2 Å². The summed E-state index contributed by atoms with van der Waals surface area (Å²) in [4.78, 5) is 4.56. The lowest BCUT2D eigenvalue weighted by Crippen LogP contribution is -2.03. The number of fused-ring (bicyclic) bond motifs is 3. The number of nitrogens with zero attached hydrogens (tertiary/aromatic N) is 3. The van der Waals surface area contributed by atoms with E-state index in [1.807, 2.05) is 24.4 Å². The fourth-order valence-electron chi connectivity index (χ4n) is 4.55. The normalized spacial score (nSPS) is 14.5. The van der Waals surface area contributed by atoms with Crippen molar-refractivity contribution in [1.82, 2.24) is 14.8 Å². The number of hydrogen-bond donors (Lipinski definition) is 0. The van der Waals surface area contributed by atoms with Crippen LogP contribution in [-0.2, 0) is 6.61 Å². The first-order valence-electron chi connectivity index (χ1n) is 11.1. The molecule has 0 aliphatic carbocycles. The summed E-state index contributed by atoms with van der Waals surface area (Å²) in [6, 6.07) is 17.1. The quantitative estimate of drug-likeness (QED) is 0.386. The maximum atomic E-state index is 6.21. The van der Waals surface area contributed by atoms with E-state index in [1.165, 1.54) is 11.1 Å². The van der Waals surface area contributed by atoms with Crippen LogP contribution in [0.15, 0.2) is 60.9 Å². The maximum absolute atomic E-state index is 6.21. The summed E-state index contributed by atoms with van der Waals surface area (Å²) < 4.78 is 13.8. The molecule has 0 N–H and O–H groups in total. The van der Waals surface area contributed by atoms with E-state index in [9.17, 15) is 0 Å². The zero-order chi connectivity index (χ0) is 22.2. The van der Waals surface area contributed by atoms with Gasteiger partial charge < -0.3 is 9.47 Å².